The van der Waals surface area contributed by atoms with E-state index in [9.17, 15) is 8.42 Å². The van der Waals surface area contributed by atoms with E-state index in [1.165, 1.54) is 51.9 Å². The minimum atomic E-state index is -4.41. The van der Waals surface area contributed by atoms with E-state index in [4.69, 9.17) is 9.66 Å². The monoisotopic (exact) mass is 300 g/mol. The van der Waals surface area contributed by atoms with Crippen molar-refractivity contribution in [3.05, 3.63) is 0 Å². The summed E-state index contributed by atoms with van der Waals surface area (Å²) in [5.74, 6) is 0. The second kappa shape index (κ2) is 15.8. The van der Waals surface area contributed by atoms with Gasteiger partial charge in [-0.1, -0.05) is 56.2 Å². The molecule has 0 saturated heterocycles. The third kappa shape index (κ3) is 27.1. The van der Waals surface area contributed by atoms with Crippen LogP contribution in [0.3, 0.4) is 0 Å². The summed E-state index contributed by atoms with van der Waals surface area (Å²) in [5.41, 5.74) is 0. The SMILES string of the molecule is CCCCCCCCCCO.CCOOS(=O)(=O)O. The molecule has 0 rings (SSSR count). The highest BCUT2D eigenvalue weighted by Crippen LogP contribution is 2.07. The average molecular weight is 300 g/mol. The minimum Gasteiger partial charge on any atom is -0.396 e. The Morgan fingerprint density at radius 1 is 0.895 bits per heavy atom. The fourth-order valence-electron chi connectivity index (χ4n) is 1.35. The molecule has 0 fully saturated rings. The summed E-state index contributed by atoms with van der Waals surface area (Å²) >= 11 is 0. The van der Waals surface area contributed by atoms with Gasteiger partial charge < -0.3 is 5.11 Å². The number of aliphatic hydroxyl groups is 1. The van der Waals surface area contributed by atoms with Gasteiger partial charge >= 0.3 is 10.4 Å². The lowest BCUT2D eigenvalue weighted by Gasteiger charge is -1.98. The minimum absolute atomic E-state index is 0.0692. The van der Waals surface area contributed by atoms with Gasteiger partial charge in [-0.25, -0.2) is 4.89 Å². The average Bonchev–Trinajstić information content (AvgIpc) is 2.35. The van der Waals surface area contributed by atoms with Gasteiger partial charge in [0, 0.05) is 6.61 Å². The number of aliphatic hydroxyl groups excluding tert-OH is 1. The fourth-order valence-corrected chi connectivity index (χ4v) is 1.57. The maximum Gasteiger partial charge on any atom is 0.424 e. The van der Waals surface area contributed by atoms with E-state index in [1.807, 2.05) is 0 Å². The van der Waals surface area contributed by atoms with E-state index < -0.39 is 10.4 Å². The lowest BCUT2D eigenvalue weighted by molar-refractivity contribution is -0.203. The van der Waals surface area contributed by atoms with Crippen LogP contribution in [0.15, 0.2) is 0 Å². The van der Waals surface area contributed by atoms with E-state index in [-0.39, 0.29) is 6.61 Å². The van der Waals surface area contributed by atoms with Crippen LogP contribution in [0.5, 0.6) is 0 Å². The lowest BCUT2D eigenvalue weighted by Crippen LogP contribution is -2.03. The Bertz CT molecular complexity index is 245. The zero-order valence-electron chi connectivity index (χ0n) is 12.0. The molecule has 0 spiro atoms. The highest BCUT2D eigenvalue weighted by atomic mass is 32.3. The van der Waals surface area contributed by atoms with Crippen molar-refractivity contribution >= 4 is 10.4 Å². The Labute approximate surface area is 117 Å². The standard InChI is InChI=1S/C10H22O.C2H6O5S/c1-2-3-4-5-6-7-8-9-10-11;1-2-6-7-8(3,4)5/h11H,2-10H2,1H3;2H2,1H3,(H,3,4,5). The van der Waals surface area contributed by atoms with E-state index in [2.05, 4.69) is 16.1 Å². The zero-order chi connectivity index (χ0) is 15.0. The highest BCUT2D eigenvalue weighted by Gasteiger charge is 2.02. The molecular weight excluding hydrogens is 272 g/mol. The van der Waals surface area contributed by atoms with Crippen molar-refractivity contribution in [2.24, 2.45) is 0 Å². The molecule has 0 aliphatic rings. The maximum atomic E-state index is 9.60. The molecule has 0 saturated carbocycles. The predicted octanol–water partition coefficient (Wildman–Crippen LogP) is 2.88. The van der Waals surface area contributed by atoms with Gasteiger partial charge in [0.1, 0.15) is 0 Å². The van der Waals surface area contributed by atoms with Crippen LogP contribution in [0.2, 0.25) is 0 Å². The topological polar surface area (TPSA) is 93.1 Å². The maximum absolute atomic E-state index is 9.60. The van der Waals surface area contributed by atoms with Gasteiger partial charge in [-0.05, 0) is 13.3 Å². The van der Waals surface area contributed by atoms with E-state index in [1.54, 1.807) is 0 Å². The Kier molecular flexibility index (Phi) is 17.6. The Hall–Kier alpha value is -0.210. The molecule has 19 heavy (non-hydrogen) atoms. The summed E-state index contributed by atoms with van der Waals surface area (Å²) in [4.78, 5) is 3.86. The normalized spacial score (nSPS) is 10.9. The molecule has 6 nitrogen and oxygen atoms in total. The molecule has 0 aliphatic heterocycles. The molecular formula is C12H28O6S. The molecule has 0 aliphatic carbocycles. The van der Waals surface area contributed by atoms with Gasteiger partial charge in [0.05, 0.1) is 6.61 Å². The molecule has 7 heteroatoms. The number of hydrogen-bond acceptors (Lipinski definition) is 5. The van der Waals surface area contributed by atoms with Crippen molar-refractivity contribution in [3.63, 3.8) is 0 Å². The molecule has 0 unspecified atom stereocenters. The van der Waals surface area contributed by atoms with Crippen molar-refractivity contribution in [1.82, 2.24) is 0 Å². The summed E-state index contributed by atoms with van der Waals surface area (Å²) < 4.78 is 30.4. The van der Waals surface area contributed by atoms with Crippen LogP contribution in [0, 0.1) is 0 Å². The van der Waals surface area contributed by atoms with Crippen molar-refractivity contribution in [1.29, 1.82) is 0 Å². The molecule has 118 valence electrons. The van der Waals surface area contributed by atoms with Crippen molar-refractivity contribution in [3.8, 4) is 0 Å². The van der Waals surface area contributed by atoms with E-state index in [0.717, 1.165) is 6.42 Å². The van der Waals surface area contributed by atoms with Crippen molar-refractivity contribution < 1.29 is 27.3 Å². The van der Waals surface area contributed by atoms with Gasteiger partial charge in [0.15, 0.2) is 0 Å². The largest absolute Gasteiger partial charge is 0.424 e. The van der Waals surface area contributed by atoms with Crippen LogP contribution in [-0.4, -0.2) is 31.3 Å². The van der Waals surface area contributed by atoms with Crippen LogP contribution in [0.4, 0.5) is 0 Å². The third-order valence-corrected chi connectivity index (χ3v) is 2.53. The van der Waals surface area contributed by atoms with E-state index >= 15 is 0 Å². The molecule has 0 aromatic heterocycles. The molecule has 0 atom stereocenters. The number of unbranched alkanes of at least 4 members (excludes halogenated alkanes) is 7. The molecule has 0 aromatic rings. The number of rotatable bonds is 11. The van der Waals surface area contributed by atoms with Gasteiger partial charge in [-0.2, -0.15) is 8.42 Å². The van der Waals surface area contributed by atoms with Crippen LogP contribution < -0.4 is 0 Å². The van der Waals surface area contributed by atoms with Crippen LogP contribution in [-0.2, 0) is 19.6 Å². The molecule has 0 bridgehead atoms. The summed E-state index contributed by atoms with van der Waals surface area (Å²) in [6.45, 7) is 4.20. The second-order valence-corrected chi connectivity index (χ2v) is 5.09. The summed E-state index contributed by atoms with van der Waals surface area (Å²) in [6.07, 6.45) is 10.4. The first-order chi connectivity index (χ1) is 8.97. The molecule has 0 radical (unpaired) electrons. The summed E-state index contributed by atoms with van der Waals surface area (Å²) in [7, 11) is -4.41. The second-order valence-electron chi connectivity index (χ2n) is 4.10. The summed E-state index contributed by atoms with van der Waals surface area (Å²) in [5, 5.41) is 8.51. The van der Waals surface area contributed by atoms with Crippen LogP contribution in [0.1, 0.15) is 65.2 Å². The quantitative estimate of drug-likeness (QED) is 0.264. The first-order valence-electron chi connectivity index (χ1n) is 6.87. The highest BCUT2D eigenvalue weighted by molar-refractivity contribution is 7.80. The Morgan fingerprint density at radius 2 is 1.37 bits per heavy atom. The molecule has 2 N–H and O–H groups in total. The zero-order valence-corrected chi connectivity index (χ0v) is 12.8. The molecule has 0 aromatic carbocycles. The van der Waals surface area contributed by atoms with Crippen molar-refractivity contribution in [2.75, 3.05) is 13.2 Å². The van der Waals surface area contributed by atoms with Gasteiger partial charge in [-0.15, -0.1) is 0 Å². The molecule has 0 amide bonds. The molecule has 0 heterocycles. The van der Waals surface area contributed by atoms with Crippen molar-refractivity contribution in [2.45, 2.75) is 65.2 Å². The predicted molar refractivity (Wildman–Crippen MR) is 74.0 cm³/mol. The van der Waals surface area contributed by atoms with Gasteiger partial charge in [0.2, 0.25) is 0 Å². The number of hydrogen-bond donors (Lipinski definition) is 2. The van der Waals surface area contributed by atoms with Gasteiger partial charge in [-0.3, -0.25) is 4.55 Å². The summed E-state index contributed by atoms with van der Waals surface area (Å²) in [6, 6.07) is 0. The first-order valence-corrected chi connectivity index (χ1v) is 8.23. The first kappa shape index (κ1) is 21.1. The Morgan fingerprint density at radius 3 is 1.68 bits per heavy atom. The van der Waals surface area contributed by atoms with Gasteiger partial charge in [0.25, 0.3) is 0 Å². The fraction of sp³-hybridized carbons (Fsp3) is 1.00. The Balaban J connectivity index is 0. The third-order valence-electron chi connectivity index (χ3n) is 2.26. The van der Waals surface area contributed by atoms with Crippen LogP contribution in [0.25, 0.3) is 0 Å². The van der Waals surface area contributed by atoms with Crippen LogP contribution >= 0.6 is 0 Å². The smallest absolute Gasteiger partial charge is 0.396 e. The van der Waals surface area contributed by atoms with E-state index in [0.29, 0.717) is 6.61 Å². The lowest BCUT2D eigenvalue weighted by atomic mass is 10.1.